The minimum Gasteiger partial charge on any atom is -0.508 e. The summed E-state index contributed by atoms with van der Waals surface area (Å²) in [7, 11) is -3.58. The molecule has 0 atom stereocenters. The molecule has 2 rings (SSSR count). The molecule has 0 aliphatic rings. The van der Waals surface area contributed by atoms with Crippen molar-refractivity contribution in [2.45, 2.75) is 4.90 Å². The molecule has 18 heavy (non-hydrogen) atoms. The molecule has 0 saturated carbocycles. The van der Waals surface area contributed by atoms with Gasteiger partial charge in [-0.25, -0.2) is 13.6 Å². The van der Waals surface area contributed by atoms with Crippen LogP contribution in [0, 0.1) is 0 Å². The van der Waals surface area contributed by atoms with Crippen LogP contribution in [0.4, 0.5) is 5.69 Å². The Morgan fingerprint density at radius 3 is 1.72 bits per heavy atom. The van der Waals surface area contributed by atoms with Gasteiger partial charge in [-0.1, -0.05) is 18.2 Å². The zero-order chi connectivity index (χ0) is 13.6. The zero-order valence-corrected chi connectivity index (χ0v) is 10.3. The van der Waals surface area contributed by atoms with Crippen molar-refractivity contribution in [1.29, 1.82) is 0 Å². The van der Waals surface area contributed by atoms with Crippen molar-refractivity contribution in [3.05, 3.63) is 54.6 Å². The van der Waals surface area contributed by atoms with Gasteiger partial charge in [0, 0.05) is 5.69 Å². The van der Waals surface area contributed by atoms with Crippen LogP contribution in [-0.2, 0) is 10.0 Å². The Morgan fingerprint density at radius 1 is 0.889 bits per heavy atom. The molecule has 0 saturated heterocycles. The lowest BCUT2D eigenvalue weighted by Crippen LogP contribution is -2.11. The lowest BCUT2D eigenvalue weighted by molar-refractivity contribution is 0.475. The van der Waals surface area contributed by atoms with E-state index in [0.29, 0.717) is 11.4 Å². The number of para-hydroxylation sites is 1. The van der Waals surface area contributed by atoms with Crippen LogP contribution in [0.1, 0.15) is 0 Å². The summed E-state index contributed by atoms with van der Waals surface area (Å²) in [5, 5.41) is 13.5. The van der Waals surface area contributed by atoms with Crippen molar-refractivity contribution >= 4 is 15.7 Å². The van der Waals surface area contributed by atoms with E-state index in [-0.39, 0.29) is 4.90 Å². The molecule has 2 aromatic carbocycles. The first-order valence-electron chi connectivity index (χ1n) is 5.02. The number of nitrogen functional groups attached to an aromatic ring is 1. The first-order valence-corrected chi connectivity index (χ1v) is 6.56. The number of hydrogen-bond acceptors (Lipinski definition) is 4. The first-order chi connectivity index (χ1) is 8.39. The quantitative estimate of drug-likeness (QED) is 0.676. The molecule has 0 aliphatic carbocycles. The minimum atomic E-state index is -3.58. The van der Waals surface area contributed by atoms with Crippen molar-refractivity contribution in [2.24, 2.45) is 5.14 Å². The normalized spacial score (nSPS) is 10.3. The number of benzene rings is 2. The third-order valence-corrected chi connectivity index (χ3v) is 2.89. The summed E-state index contributed by atoms with van der Waals surface area (Å²) in [6.07, 6.45) is 0. The van der Waals surface area contributed by atoms with E-state index in [4.69, 9.17) is 16.0 Å². The summed E-state index contributed by atoms with van der Waals surface area (Å²) in [6, 6.07) is 14.4. The third kappa shape index (κ3) is 4.86. The maximum absolute atomic E-state index is 10.7. The van der Waals surface area contributed by atoms with E-state index in [9.17, 15) is 8.42 Å². The second-order valence-corrected chi connectivity index (χ2v) is 5.01. The predicted octanol–water partition coefficient (Wildman–Crippen LogP) is 1.31. The lowest BCUT2D eigenvalue weighted by Gasteiger charge is -1.96. The number of rotatable bonds is 1. The molecule has 0 spiro atoms. The van der Waals surface area contributed by atoms with Crippen molar-refractivity contribution in [3.63, 3.8) is 0 Å². The van der Waals surface area contributed by atoms with Crippen LogP contribution in [0.5, 0.6) is 5.75 Å². The Labute approximate surface area is 106 Å². The van der Waals surface area contributed by atoms with Crippen molar-refractivity contribution < 1.29 is 13.5 Å². The minimum absolute atomic E-state index is 0.0756. The number of aromatic hydroxyl groups is 1. The molecule has 6 heteroatoms. The van der Waals surface area contributed by atoms with E-state index in [1.165, 1.54) is 24.3 Å². The summed E-state index contributed by atoms with van der Waals surface area (Å²) >= 11 is 0. The molecule has 5 N–H and O–H groups in total. The van der Waals surface area contributed by atoms with E-state index >= 15 is 0 Å². The molecule has 0 aromatic heterocycles. The second-order valence-electron chi connectivity index (χ2n) is 3.45. The Kier molecular flexibility index (Phi) is 4.70. The van der Waals surface area contributed by atoms with Gasteiger partial charge in [0.25, 0.3) is 0 Å². The van der Waals surface area contributed by atoms with Gasteiger partial charge in [-0.3, -0.25) is 0 Å². The molecular weight excluding hydrogens is 252 g/mol. The van der Waals surface area contributed by atoms with E-state index in [1.807, 2.05) is 6.07 Å². The molecule has 2 aromatic rings. The Hall–Kier alpha value is -2.05. The highest BCUT2D eigenvalue weighted by molar-refractivity contribution is 7.89. The average molecular weight is 266 g/mol. The van der Waals surface area contributed by atoms with Crippen LogP contribution in [0.3, 0.4) is 0 Å². The largest absolute Gasteiger partial charge is 0.508 e. The molecule has 0 bridgehead atoms. The number of sulfonamides is 1. The summed E-state index contributed by atoms with van der Waals surface area (Å²) in [5.74, 6) is 0.322. The first kappa shape index (κ1) is 14.0. The lowest BCUT2D eigenvalue weighted by atomic mass is 10.3. The van der Waals surface area contributed by atoms with Gasteiger partial charge in [0.15, 0.2) is 0 Å². The van der Waals surface area contributed by atoms with Crippen LogP contribution in [-0.4, -0.2) is 13.5 Å². The van der Waals surface area contributed by atoms with Gasteiger partial charge in [-0.2, -0.15) is 0 Å². The van der Waals surface area contributed by atoms with Crippen molar-refractivity contribution in [2.75, 3.05) is 5.73 Å². The summed E-state index contributed by atoms with van der Waals surface area (Å²) in [6.45, 7) is 0. The summed E-state index contributed by atoms with van der Waals surface area (Å²) in [5.41, 5.74) is 5.85. The second kappa shape index (κ2) is 6.04. The van der Waals surface area contributed by atoms with Gasteiger partial charge in [-0.05, 0) is 36.4 Å². The molecule has 0 radical (unpaired) electrons. The fourth-order valence-corrected chi connectivity index (χ4v) is 1.60. The number of hydrogen-bond donors (Lipinski definition) is 3. The molecule has 0 fully saturated rings. The standard InChI is InChI=1S/C6H8N2O2S.C6H6O/c7-5-1-3-6(4-2-5)11(8,9)10;7-6-4-2-1-3-5-6/h1-4H,7H2,(H2,8,9,10);1-5,7H. The van der Waals surface area contributed by atoms with E-state index < -0.39 is 10.0 Å². The van der Waals surface area contributed by atoms with Crippen LogP contribution in [0.2, 0.25) is 0 Å². The maximum Gasteiger partial charge on any atom is 0.238 e. The molecule has 0 heterocycles. The fourth-order valence-electron chi connectivity index (χ4n) is 1.09. The zero-order valence-electron chi connectivity index (χ0n) is 9.52. The SMILES string of the molecule is Nc1ccc(S(N)(=O)=O)cc1.Oc1ccccc1. The van der Waals surface area contributed by atoms with Gasteiger partial charge < -0.3 is 10.8 Å². The van der Waals surface area contributed by atoms with Crippen LogP contribution in [0.15, 0.2) is 59.5 Å². The Balaban J connectivity index is 0.000000199. The van der Waals surface area contributed by atoms with Gasteiger partial charge in [0.2, 0.25) is 10.0 Å². The molecule has 0 unspecified atom stereocenters. The number of anilines is 1. The van der Waals surface area contributed by atoms with Crippen molar-refractivity contribution in [1.82, 2.24) is 0 Å². The van der Waals surface area contributed by atoms with Gasteiger partial charge >= 0.3 is 0 Å². The Morgan fingerprint density at radius 2 is 1.39 bits per heavy atom. The summed E-state index contributed by atoms with van der Waals surface area (Å²) in [4.78, 5) is 0.0756. The monoisotopic (exact) mass is 266 g/mol. The highest BCUT2D eigenvalue weighted by Gasteiger charge is 2.04. The highest BCUT2D eigenvalue weighted by Crippen LogP contribution is 2.08. The maximum atomic E-state index is 10.7. The third-order valence-electron chi connectivity index (χ3n) is 1.96. The molecular formula is C12H14N2O3S. The van der Waals surface area contributed by atoms with E-state index in [0.717, 1.165) is 0 Å². The van der Waals surface area contributed by atoms with Crippen LogP contribution < -0.4 is 10.9 Å². The number of phenols is 1. The van der Waals surface area contributed by atoms with Crippen LogP contribution in [0.25, 0.3) is 0 Å². The highest BCUT2D eigenvalue weighted by atomic mass is 32.2. The number of primary sulfonamides is 1. The molecule has 96 valence electrons. The topological polar surface area (TPSA) is 106 Å². The van der Waals surface area contributed by atoms with E-state index in [1.54, 1.807) is 24.3 Å². The average Bonchev–Trinajstić information content (AvgIpc) is 2.30. The molecule has 0 aliphatic heterocycles. The van der Waals surface area contributed by atoms with Gasteiger partial charge in [0.05, 0.1) is 4.90 Å². The molecule has 5 nitrogen and oxygen atoms in total. The smallest absolute Gasteiger partial charge is 0.238 e. The number of nitrogens with two attached hydrogens (primary N) is 2. The fraction of sp³-hybridized carbons (Fsp3) is 0. The van der Waals surface area contributed by atoms with Gasteiger partial charge in [-0.15, -0.1) is 0 Å². The van der Waals surface area contributed by atoms with Gasteiger partial charge in [0.1, 0.15) is 5.75 Å². The van der Waals surface area contributed by atoms with Crippen LogP contribution >= 0.6 is 0 Å². The molecule has 0 amide bonds. The Bertz CT molecular complexity index is 580. The number of phenolic OH excluding ortho intramolecular Hbond substituents is 1. The van der Waals surface area contributed by atoms with Crippen molar-refractivity contribution in [3.8, 4) is 5.75 Å². The predicted molar refractivity (Wildman–Crippen MR) is 70.3 cm³/mol. The summed E-state index contributed by atoms with van der Waals surface area (Å²) < 4.78 is 21.4. The van der Waals surface area contributed by atoms with E-state index in [2.05, 4.69) is 0 Å².